The number of carbonyl (C=O) groups is 1. The van der Waals surface area contributed by atoms with E-state index >= 15 is 0 Å². The van der Waals surface area contributed by atoms with Crippen LogP contribution < -0.4 is 4.90 Å². The number of nitrogens with zero attached hydrogens (tertiary/aromatic N) is 2. The van der Waals surface area contributed by atoms with Gasteiger partial charge in [0.1, 0.15) is 11.9 Å². The van der Waals surface area contributed by atoms with Crippen LogP contribution in [0, 0.1) is 0 Å². The molecule has 1 heterocycles. The van der Waals surface area contributed by atoms with Gasteiger partial charge in [0.15, 0.2) is 5.82 Å². The van der Waals surface area contributed by atoms with Gasteiger partial charge >= 0.3 is 6.09 Å². The first-order chi connectivity index (χ1) is 7.61. The fraction of sp³-hybridized carbons (Fsp3) is 0.667. The van der Waals surface area contributed by atoms with Crippen LogP contribution in [0.4, 0.5) is 10.6 Å². The highest BCUT2D eigenvalue weighted by molar-refractivity contribution is 5.87. The molecule has 0 aliphatic rings. The predicted octanol–water partition coefficient (Wildman–Crippen LogP) is 3.21. The van der Waals surface area contributed by atoms with Crippen LogP contribution in [-0.4, -0.2) is 22.4 Å². The smallest absolute Gasteiger partial charge is 0.416 e. The third-order valence-corrected chi connectivity index (χ3v) is 1.90. The van der Waals surface area contributed by atoms with Crippen LogP contribution in [0.2, 0.25) is 0 Å². The summed E-state index contributed by atoms with van der Waals surface area (Å²) in [7, 11) is 0. The summed E-state index contributed by atoms with van der Waals surface area (Å²) in [4.78, 5) is 13.6. The van der Waals surface area contributed by atoms with E-state index in [1.807, 2.05) is 41.5 Å². The average Bonchev–Trinajstić information content (AvgIpc) is 2.49. The van der Waals surface area contributed by atoms with Crippen molar-refractivity contribution in [2.45, 2.75) is 52.7 Å². The number of carbonyl (C=O) groups excluding carboxylic acids is 1. The molecular weight excluding hydrogens is 220 g/mol. The zero-order chi connectivity index (χ0) is 13.3. The lowest BCUT2D eigenvalue weighted by atomic mass is 10.1. The molecule has 1 aromatic rings. The Labute approximate surface area is 102 Å². The van der Waals surface area contributed by atoms with E-state index in [9.17, 15) is 4.79 Å². The maximum absolute atomic E-state index is 12.1. The largest absolute Gasteiger partial charge is 0.443 e. The molecule has 1 amide bonds. The summed E-state index contributed by atoms with van der Waals surface area (Å²) in [6.45, 7) is 11.2. The highest BCUT2D eigenvalue weighted by Gasteiger charge is 2.33. The summed E-state index contributed by atoms with van der Waals surface area (Å²) in [6.07, 6.45) is 0.997. The molecule has 0 N–H and O–H groups in total. The maximum Gasteiger partial charge on any atom is 0.416 e. The van der Waals surface area contributed by atoms with Crippen LogP contribution in [0.25, 0.3) is 0 Å². The molecule has 0 aliphatic carbocycles. The topological polar surface area (TPSA) is 55.6 Å². The molecule has 0 aliphatic heterocycles. The lowest BCUT2D eigenvalue weighted by Gasteiger charge is -2.34. The third-order valence-electron chi connectivity index (χ3n) is 1.90. The number of rotatable bonds is 1. The maximum atomic E-state index is 12.1. The fourth-order valence-electron chi connectivity index (χ4n) is 1.34. The Morgan fingerprint density at radius 1 is 1.29 bits per heavy atom. The van der Waals surface area contributed by atoms with E-state index in [1.165, 1.54) is 11.2 Å². The number of amides is 1. The van der Waals surface area contributed by atoms with Crippen LogP contribution in [0.1, 0.15) is 41.5 Å². The van der Waals surface area contributed by atoms with Gasteiger partial charge in [-0.05, 0) is 41.5 Å². The molecule has 0 atom stereocenters. The van der Waals surface area contributed by atoms with Gasteiger partial charge < -0.3 is 9.26 Å². The summed E-state index contributed by atoms with van der Waals surface area (Å²) in [5, 5.41) is 3.78. The Hall–Kier alpha value is -1.52. The van der Waals surface area contributed by atoms with Crippen molar-refractivity contribution in [1.82, 2.24) is 5.16 Å². The van der Waals surface area contributed by atoms with Gasteiger partial charge in [0.05, 0.1) is 0 Å². The van der Waals surface area contributed by atoms with E-state index < -0.39 is 17.2 Å². The van der Waals surface area contributed by atoms with Gasteiger partial charge in [-0.3, -0.25) is 4.90 Å². The average molecular weight is 240 g/mol. The van der Waals surface area contributed by atoms with Gasteiger partial charge in [0.25, 0.3) is 0 Å². The van der Waals surface area contributed by atoms with Crippen molar-refractivity contribution >= 4 is 11.9 Å². The van der Waals surface area contributed by atoms with Gasteiger partial charge in [-0.25, -0.2) is 4.79 Å². The van der Waals surface area contributed by atoms with Crippen LogP contribution in [0.5, 0.6) is 0 Å². The second-order valence-electron chi connectivity index (χ2n) is 5.84. The highest BCUT2D eigenvalue weighted by atomic mass is 16.6. The molecule has 0 bridgehead atoms. The minimum absolute atomic E-state index is 0.431. The number of hydrogen-bond donors (Lipinski definition) is 0. The molecule has 0 saturated heterocycles. The third kappa shape index (κ3) is 3.76. The zero-order valence-corrected chi connectivity index (χ0v) is 11.3. The molecule has 5 heteroatoms. The molecule has 5 nitrogen and oxygen atoms in total. The SMILES string of the molecule is CC(C)(C)OC(=O)N(c1ccon1)C(C)(C)C. The molecule has 0 saturated carbocycles. The molecule has 0 aromatic carbocycles. The molecular formula is C12H20N2O3. The second kappa shape index (κ2) is 4.39. The Kier molecular flexibility index (Phi) is 3.50. The van der Waals surface area contributed by atoms with E-state index in [-0.39, 0.29) is 0 Å². The van der Waals surface area contributed by atoms with Crippen molar-refractivity contribution < 1.29 is 14.1 Å². The van der Waals surface area contributed by atoms with Crippen LogP contribution in [0.15, 0.2) is 16.9 Å². The number of hydrogen-bond acceptors (Lipinski definition) is 4. The Balaban J connectivity index is 2.97. The lowest BCUT2D eigenvalue weighted by molar-refractivity contribution is 0.0547. The van der Waals surface area contributed by atoms with Gasteiger partial charge in [-0.2, -0.15) is 0 Å². The Morgan fingerprint density at radius 2 is 1.88 bits per heavy atom. The number of ether oxygens (including phenoxy) is 1. The first-order valence-electron chi connectivity index (χ1n) is 5.55. The number of aromatic nitrogens is 1. The molecule has 1 aromatic heterocycles. The van der Waals surface area contributed by atoms with E-state index in [0.29, 0.717) is 5.82 Å². The second-order valence-corrected chi connectivity index (χ2v) is 5.84. The summed E-state index contributed by atoms with van der Waals surface area (Å²) in [6, 6.07) is 1.63. The quantitative estimate of drug-likeness (QED) is 0.756. The van der Waals surface area contributed by atoms with Gasteiger partial charge in [-0.15, -0.1) is 0 Å². The summed E-state index contributed by atoms with van der Waals surface area (Å²) >= 11 is 0. The van der Waals surface area contributed by atoms with Crippen molar-refractivity contribution in [2.75, 3.05) is 4.90 Å². The highest BCUT2D eigenvalue weighted by Crippen LogP contribution is 2.24. The van der Waals surface area contributed by atoms with Crippen molar-refractivity contribution in [3.05, 3.63) is 12.3 Å². The van der Waals surface area contributed by atoms with E-state index in [2.05, 4.69) is 5.16 Å². The van der Waals surface area contributed by atoms with Gasteiger partial charge in [0, 0.05) is 11.6 Å². The van der Waals surface area contributed by atoms with E-state index in [1.54, 1.807) is 6.07 Å². The fourth-order valence-corrected chi connectivity index (χ4v) is 1.34. The minimum atomic E-state index is -0.537. The van der Waals surface area contributed by atoms with Crippen LogP contribution in [0.3, 0.4) is 0 Å². The van der Waals surface area contributed by atoms with E-state index in [0.717, 1.165) is 0 Å². The molecule has 0 fully saturated rings. The molecule has 0 radical (unpaired) electrons. The van der Waals surface area contributed by atoms with Crippen LogP contribution >= 0.6 is 0 Å². The molecule has 1 rings (SSSR count). The van der Waals surface area contributed by atoms with Crippen LogP contribution in [-0.2, 0) is 4.74 Å². The lowest BCUT2D eigenvalue weighted by Crippen LogP contribution is -2.48. The van der Waals surface area contributed by atoms with Crippen molar-refractivity contribution in [3.63, 3.8) is 0 Å². The summed E-state index contributed by atoms with van der Waals surface area (Å²) in [5.74, 6) is 0.451. The van der Waals surface area contributed by atoms with Crippen molar-refractivity contribution in [3.8, 4) is 0 Å². The Bertz CT molecular complexity index is 371. The van der Waals surface area contributed by atoms with Crippen molar-refractivity contribution in [1.29, 1.82) is 0 Å². The van der Waals surface area contributed by atoms with Crippen molar-refractivity contribution in [2.24, 2.45) is 0 Å². The first kappa shape index (κ1) is 13.5. The minimum Gasteiger partial charge on any atom is -0.443 e. The van der Waals surface area contributed by atoms with Gasteiger partial charge in [-0.1, -0.05) is 5.16 Å². The summed E-state index contributed by atoms with van der Waals surface area (Å²) in [5.41, 5.74) is -0.969. The zero-order valence-electron chi connectivity index (χ0n) is 11.3. The molecule has 17 heavy (non-hydrogen) atoms. The predicted molar refractivity (Wildman–Crippen MR) is 65.0 cm³/mol. The normalized spacial score (nSPS) is 12.4. The number of anilines is 1. The molecule has 0 unspecified atom stereocenters. The Morgan fingerprint density at radius 3 is 2.24 bits per heavy atom. The summed E-state index contributed by atoms with van der Waals surface area (Å²) < 4.78 is 10.1. The standard InChI is InChI=1S/C12H20N2O3/c1-11(2,3)14(9-7-8-16-13-9)10(15)17-12(4,5)6/h7-8H,1-6H3. The monoisotopic (exact) mass is 240 g/mol. The van der Waals surface area contributed by atoms with Gasteiger partial charge in [0.2, 0.25) is 0 Å². The van der Waals surface area contributed by atoms with E-state index in [4.69, 9.17) is 9.26 Å². The molecule has 96 valence electrons. The molecule has 0 spiro atoms. The first-order valence-corrected chi connectivity index (χ1v) is 5.55.